The van der Waals surface area contributed by atoms with E-state index in [1.807, 2.05) is 18.2 Å². The lowest BCUT2D eigenvalue weighted by molar-refractivity contribution is -0.0258. The molecule has 0 radical (unpaired) electrons. The molecule has 0 aliphatic heterocycles. The number of ether oxygens (including phenoxy) is 2. The predicted octanol–water partition coefficient (Wildman–Crippen LogP) is 2.76. The monoisotopic (exact) mass is 399 g/mol. The fraction of sp³-hybridized carbons (Fsp3) is 0.235. The Labute approximate surface area is 157 Å². The van der Waals surface area contributed by atoms with Gasteiger partial charge in [0.05, 0.1) is 22.6 Å². The van der Waals surface area contributed by atoms with Crippen LogP contribution in [-0.4, -0.2) is 46.2 Å². The minimum absolute atomic E-state index is 0.0149. The summed E-state index contributed by atoms with van der Waals surface area (Å²) < 4.78 is 35.7. The molecule has 0 saturated carbocycles. The number of hydrogen-bond acceptors (Lipinski definition) is 6. The summed E-state index contributed by atoms with van der Waals surface area (Å²) in [4.78, 5) is 16.8. The van der Waals surface area contributed by atoms with Crippen LogP contribution in [0, 0.1) is 0 Å². The SMILES string of the molecule is CON(C)S(=O)(=O)c1ccc(Cl)c(C(=O)OCCOc2ccccc2)c1. The fourth-order valence-corrected chi connectivity index (χ4v) is 3.15. The first-order valence-electron chi connectivity index (χ1n) is 7.54. The second kappa shape index (κ2) is 9.00. The molecule has 2 rings (SSSR count). The molecule has 140 valence electrons. The van der Waals surface area contributed by atoms with Crippen LogP contribution in [0.1, 0.15) is 10.4 Å². The van der Waals surface area contributed by atoms with Crippen LogP contribution in [0.3, 0.4) is 0 Å². The van der Waals surface area contributed by atoms with Gasteiger partial charge in [0.1, 0.15) is 19.0 Å². The van der Waals surface area contributed by atoms with Gasteiger partial charge in [0.25, 0.3) is 10.0 Å². The topological polar surface area (TPSA) is 82.1 Å². The smallest absolute Gasteiger partial charge is 0.339 e. The fourth-order valence-electron chi connectivity index (χ4n) is 1.96. The number of rotatable bonds is 8. The molecule has 0 N–H and O–H groups in total. The Morgan fingerprint density at radius 2 is 1.81 bits per heavy atom. The first-order chi connectivity index (χ1) is 12.4. The molecule has 7 nitrogen and oxygen atoms in total. The molecule has 0 saturated heterocycles. The first-order valence-corrected chi connectivity index (χ1v) is 9.35. The highest BCUT2D eigenvalue weighted by Gasteiger charge is 2.23. The third-order valence-corrected chi connectivity index (χ3v) is 5.38. The minimum atomic E-state index is -3.90. The maximum Gasteiger partial charge on any atom is 0.339 e. The summed E-state index contributed by atoms with van der Waals surface area (Å²) in [5, 5.41) is 0.0815. The number of carbonyl (C=O) groups excluding carboxylic acids is 1. The van der Waals surface area contributed by atoms with Gasteiger partial charge in [-0.15, -0.1) is 0 Å². The van der Waals surface area contributed by atoms with Gasteiger partial charge in [-0.3, -0.25) is 4.84 Å². The average Bonchev–Trinajstić information content (AvgIpc) is 2.65. The van der Waals surface area contributed by atoms with Crippen LogP contribution in [-0.2, 0) is 19.6 Å². The third-order valence-electron chi connectivity index (χ3n) is 3.38. The van der Waals surface area contributed by atoms with Gasteiger partial charge in [-0.05, 0) is 30.3 Å². The molecule has 2 aromatic carbocycles. The lowest BCUT2D eigenvalue weighted by Crippen LogP contribution is -2.26. The van der Waals surface area contributed by atoms with Crippen molar-refractivity contribution in [1.29, 1.82) is 0 Å². The maximum absolute atomic E-state index is 12.3. The van der Waals surface area contributed by atoms with Crippen LogP contribution in [0.4, 0.5) is 0 Å². The Morgan fingerprint density at radius 3 is 2.46 bits per heavy atom. The minimum Gasteiger partial charge on any atom is -0.490 e. The van der Waals surface area contributed by atoms with E-state index >= 15 is 0 Å². The van der Waals surface area contributed by atoms with Crippen molar-refractivity contribution in [3.05, 3.63) is 59.1 Å². The normalized spacial score (nSPS) is 11.4. The predicted molar refractivity (Wildman–Crippen MR) is 95.6 cm³/mol. The van der Waals surface area contributed by atoms with Gasteiger partial charge in [0, 0.05) is 7.05 Å². The summed E-state index contributed by atoms with van der Waals surface area (Å²) in [6, 6.07) is 12.8. The van der Waals surface area contributed by atoms with Crippen molar-refractivity contribution in [2.45, 2.75) is 4.90 Å². The zero-order chi connectivity index (χ0) is 19.2. The number of hydrogen-bond donors (Lipinski definition) is 0. The molecule has 0 fully saturated rings. The quantitative estimate of drug-likeness (QED) is 0.385. The summed E-state index contributed by atoms with van der Waals surface area (Å²) in [6.07, 6.45) is 0. The highest BCUT2D eigenvalue weighted by atomic mass is 35.5. The molecule has 0 bridgehead atoms. The number of esters is 1. The van der Waals surface area contributed by atoms with Crippen molar-refractivity contribution < 1.29 is 27.5 Å². The second-order valence-corrected chi connectivity index (χ2v) is 7.38. The Morgan fingerprint density at radius 1 is 1.12 bits per heavy atom. The standard InChI is InChI=1S/C17H18ClNO6S/c1-19(23-2)26(21,22)14-8-9-16(18)15(12-14)17(20)25-11-10-24-13-6-4-3-5-7-13/h3-9,12H,10-11H2,1-2H3. The van der Waals surface area contributed by atoms with Crippen LogP contribution in [0.15, 0.2) is 53.4 Å². The van der Waals surface area contributed by atoms with E-state index in [0.717, 1.165) is 6.07 Å². The van der Waals surface area contributed by atoms with Gasteiger partial charge in [-0.1, -0.05) is 34.3 Å². The van der Waals surface area contributed by atoms with Gasteiger partial charge in [-0.2, -0.15) is 0 Å². The highest BCUT2D eigenvalue weighted by Crippen LogP contribution is 2.23. The van der Waals surface area contributed by atoms with Crippen molar-refractivity contribution in [1.82, 2.24) is 4.47 Å². The van der Waals surface area contributed by atoms with Crippen molar-refractivity contribution in [3.63, 3.8) is 0 Å². The Kier molecular flexibility index (Phi) is 6.98. The summed E-state index contributed by atoms with van der Waals surface area (Å²) in [7, 11) is -1.45. The van der Waals surface area contributed by atoms with Crippen molar-refractivity contribution in [3.8, 4) is 5.75 Å². The van der Waals surface area contributed by atoms with Crippen LogP contribution in [0.25, 0.3) is 0 Å². The largest absolute Gasteiger partial charge is 0.490 e. The van der Waals surface area contributed by atoms with Crippen LogP contribution >= 0.6 is 11.6 Å². The average molecular weight is 400 g/mol. The molecule has 2 aromatic rings. The van der Waals surface area contributed by atoms with E-state index in [2.05, 4.69) is 0 Å². The molecule has 26 heavy (non-hydrogen) atoms. The molecule has 0 unspecified atom stereocenters. The summed E-state index contributed by atoms with van der Waals surface area (Å²) in [5.41, 5.74) is -0.0584. The molecule has 0 heterocycles. The van der Waals surface area contributed by atoms with Gasteiger partial charge >= 0.3 is 5.97 Å². The van der Waals surface area contributed by atoms with Crippen molar-refractivity contribution in [2.24, 2.45) is 0 Å². The summed E-state index contributed by atoms with van der Waals surface area (Å²) >= 11 is 5.99. The van der Waals surface area contributed by atoms with Gasteiger partial charge < -0.3 is 9.47 Å². The molecule has 9 heteroatoms. The van der Waals surface area contributed by atoms with Crippen LogP contribution in [0.5, 0.6) is 5.75 Å². The number of para-hydroxylation sites is 1. The van der Waals surface area contributed by atoms with Crippen LogP contribution < -0.4 is 4.74 Å². The van der Waals surface area contributed by atoms with E-state index in [9.17, 15) is 13.2 Å². The van der Waals surface area contributed by atoms with E-state index < -0.39 is 16.0 Å². The number of sulfonamides is 1. The molecule has 0 atom stereocenters. The van der Waals surface area contributed by atoms with Gasteiger partial charge in [0.2, 0.25) is 0 Å². The Hall–Kier alpha value is -2.13. The lowest BCUT2D eigenvalue weighted by Gasteiger charge is -2.15. The highest BCUT2D eigenvalue weighted by molar-refractivity contribution is 7.89. The maximum atomic E-state index is 12.3. The Bertz CT molecular complexity index is 857. The number of carbonyl (C=O) groups is 1. The molecule has 0 aromatic heterocycles. The third kappa shape index (κ3) is 4.95. The van der Waals surface area contributed by atoms with Crippen molar-refractivity contribution >= 4 is 27.6 Å². The molecular formula is C17H18ClNO6S. The molecular weight excluding hydrogens is 382 g/mol. The molecule has 0 aliphatic carbocycles. The number of halogens is 1. The number of hydroxylamine groups is 1. The molecule has 0 spiro atoms. The van der Waals surface area contributed by atoms with Crippen LogP contribution in [0.2, 0.25) is 5.02 Å². The first kappa shape index (κ1) is 20.2. The van der Waals surface area contributed by atoms with Gasteiger partial charge in [0.15, 0.2) is 0 Å². The molecule has 0 amide bonds. The van der Waals surface area contributed by atoms with E-state index in [-0.39, 0.29) is 28.7 Å². The van der Waals surface area contributed by atoms with E-state index in [0.29, 0.717) is 10.2 Å². The number of benzene rings is 2. The Balaban J connectivity index is 2.03. The van der Waals surface area contributed by atoms with Crippen molar-refractivity contribution in [2.75, 3.05) is 27.4 Å². The van der Waals surface area contributed by atoms with Gasteiger partial charge in [-0.25, -0.2) is 13.2 Å². The van der Waals surface area contributed by atoms with E-state index in [1.54, 1.807) is 12.1 Å². The summed E-state index contributed by atoms with van der Waals surface area (Å²) in [5.74, 6) is -0.0962. The second-order valence-electron chi connectivity index (χ2n) is 5.04. The summed E-state index contributed by atoms with van der Waals surface area (Å²) in [6.45, 7) is 0.136. The lowest BCUT2D eigenvalue weighted by atomic mass is 10.2. The van der Waals surface area contributed by atoms with E-state index in [1.165, 1.54) is 26.3 Å². The zero-order valence-electron chi connectivity index (χ0n) is 14.2. The number of nitrogens with zero attached hydrogens (tertiary/aromatic N) is 1. The molecule has 0 aliphatic rings. The zero-order valence-corrected chi connectivity index (χ0v) is 15.8. The van der Waals surface area contributed by atoms with E-state index in [4.69, 9.17) is 25.9 Å².